The first-order valence-electron chi connectivity index (χ1n) is 22.3. The van der Waals surface area contributed by atoms with Gasteiger partial charge in [-0.2, -0.15) is 0 Å². The summed E-state index contributed by atoms with van der Waals surface area (Å²) in [6, 6.07) is 36.5. The van der Waals surface area contributed by atoms with Crippen LogP contribution in [0.25, 0.3) is 21.8 Å². The summed E-state index contributed by atoms with van der Waals surface area (Å²) in [6.07, 6.45) is 13.3. The third-order valence-corrected chi connectivity index (χ3v) is 14.0. The summed E-state index contributed by atoms with van der Waals surface area (Å²) in [5.41, 5.74) is 6.93. The summed E-state index contributed by atoms with van der Waals surface area (Å²) in [7, 11) is 8.62. The fourth-order valence-corrected chi connectivity index (χ4v) is 10.2. The SMILES string of the molecule is CN(C)C1(c2ccccc2)CCC(CC(=O)NC(Cc2c[nH]c3ccccc23)C(=O)O)CC1.CN(C)C1(c2ccccc2)CCC(CC(=O)NCc2c[nH]c3ccccc23)CC1. The van der Waals surface area contributed by atoms with E-state index in [0.717, 1.165) is 78.9 Å². The van der Waals surface area contributed by atoms with Gasteiger partial charge in [0.2, 0.25) is 11.8 Å². The molecule has 2 fully saturated rings. The molecule has 62 heavy (non-hydrogen) atoms. The molecule has 1 atom stereocenters. The van der Waals surface area contributed by atoms with E-state index in [4.69, 9.17) is 0 Å². The highest BCUT2D eigenvalue weighted by Gasteiger charge is 2.40. The zero-order valence-corrected chi connectivity index (χ0v) is 36.8. The monoisotopic (exact) mass is 836 g/mol. The van der Waals surface area contributed by atoms with Crippen LogP contribution in [0.3, 0.4) is 0 Å². The van der Waals surface area contributed by atoms with Gasteiger partial charge in [-0.15, -0.1) is 0 Å². The molecule has 2 aliphatic rings. The van der Waals surface area contributed by atoms with Crippen LogP contribution in [-0.4, -0.2) is 76.9 Å². The molecule has 2 amide bonds. The van der Waals surface area contributed by atoms with Gasteiger partial charge in [0, 0.05) is 71.1 Å². The number of aliphatic carboxylic acids is 1. The van der Waals surface area contributed by atoms with Gasteiger partial charge < -0.3 is 25.7 Å². The maximum absolute atomic E-state index is 12.8. The van der Waals surface area contributed by atoms with E-state index in [0.29, 0.717) is 25.3 Å². The van der Waals surface area contributed by atoms with Crippen LogP contribution in [0.2, 0.25) is 0 Å². The van der Waals surface area contributed by atoms with Gasteiger partial charge >= 0.3 is 5.97 Å². The van der Waals surface area contributed by atoms with Crippen molar-refractivity contribution in [2.24, 2.45) is 11.8 Å². The van der Waals surface area contributed by atoms with E-state index in [1.54, 1.807) is 0 Å². The number of hydrogen-bond donors (Lipinski definition) is 5. The van der Waals surface area contributed by atoms with Crippen molar-refractivity contribution in [3.05, 3.63) is 144 Å². The molecule has 2 aliphatic carbocycles. The number of aromatic amines is 2. The van der Waals surface area contributed by atoms with Crippen molar-refractivity contribution in [3.8, 4) is 0 Å². The summed E-state index contributed by atoms with van der Waals surface area (Å²) in [5, 5.41) is 17.8. The van der Waals surface area contributed by atoms with Crippen molar-refractivity contribution in [1.82, 2.24) is 30.4 Å². The van der Waals surface area contributed by atoms with Crippen LogP contribution in [0.1, 0.15) is 86.5 Å². The number of carbonyl (C=O) groups is 3. The Balaban J connectivity index is 0.000000188. The van der Waals surface area contributed by atoms with Gasteiger partial charge in [0.05, 0.1) is 0 Å². The second kappa shape index (κ2) is 20.0. The van der Waals surface area contributed by atoms with Crippen LogP contribution < -0.4 is 10.6 Å². The Morgan fingerprint density at radius 2 is 1.03 bits per heavy atom. The molecule has 326 valence electrons. The lowest BCUT2D eigenvalue weighted by Gasteiger charge is -2.45. The van der Waals surface area contributed by atoms with Gasteiger partial charge in [-0.1, -0.05) is 97.1 Å². The number of nitrogens with one attached hydrogen (secondary N) is 4. The van der Waals surface area contributed by atoms with Crippen molar-refractivity contribution < 1.29 is 19.5 Å². The third-order valence-electron chi connectivity index (χ3n) is 14.0. The second-order valence-corrected chi connectivity index (χ2v) is 18.0. The highest BCUT2D eigenvalue weighted by atomic mass is 16.4. The fourth-order valence-electron chi connectivity index (χ4n) is 10.2. The molecule has 8 rings (SSSR count). The van der Waals surface area contributed by atoms with Crippen LogP contribution in [-0.2, 0) is 38.4 Å². The molecule has 4 aromatic carbocycles. The van der Waals surface area contributed by atoms with Gasteiger partial charge in [-0.25, -0.2) is 4.79 Å². The van der Waals surface area contributed by atoms with Crippen LogP contribution in [0.4, 0.5) is 0 Å². The summed E-state index contributed by atoms with van der Waals surface area (Å²) < 4.78 is 0. The van der Waals surface area contributed by atoms with E-state index in [-0.39, 0.29) is 35.2 Å². The molecule has 2 heterocycles. The molecule has 10 nitrogen and oxygen atoms in total. The number of H-pyrrole nitrogens is 2. The van der Waals surface area contributed by atoms with Crippen LogP contribution in [0, 0.1) is 11.8 Å². The lowest BCUT2D eigenvalue weighted by atomic mass is 9.71. The van der Waals surface area contributed by atoms with E-state index in [9.17, 15) is 19.5 Å². The molecule has 6 aromatic rings. The van der Waals surface area contributed by atoms with Gasteiger partial charge in [0.15, 0.2) is 0 Å². The first-order chi connectivity index (χ1) is 30.0. The maximum atomic E-state index is 12.8. The average molecular weight is 837 g/mol. The maximum Gasteiger partial charge on any atom is 0.326 e. The molecule has 0 aliphatic heterocycles. The Bertz CT molecular complexity index is 2390. The Morgan fingerprint density at radius 1 is 0.613 bits per heavy atom. The van der Waals surface area contributed by atoms with Crippen LogP contribution >= 0.6 is 0 Å². The number of carboxylic acids is 1. The van der Waals surface area contributed by atoms with Crippen LogP contribution in [0.5, 0.6) is 0 Å². The first-order valence-corrected chi connectivity index (χ1v) is 22.3. The third kappa shape index (κ3) is 10.1. The van der Waals surface area contributed by atoms with Crippen molar-refractivity contribution >= 4 is 39.6 Å². The van der Waals surface area contributed by atoms with E-state index >= 15 is 0 Å². The number of aromatic nitrogens is 2. The standard InChI is InChI=1S/C27H33N3O3.C25H31N3O/c1-30(2)27(21-8-4-3-5-9-21)14-12-19(13-15-27)16-25(31)29-24(26(32)33)17-20-18-28-23-11-7-6-10-22(20)23;1-28(2)25(21-8-4-3-5-9-21)14-12-19(13-15-25)16-24(29)27-18-20-17-26-23-11-7-6-10-22(20)23/h3-11,18-19,24,28H,12-17H2,1-2H3,(H,29,31)(H,32,33);3-11,17,19,26H,12-16,18H2,1-2H3,(H,27,29). The van der Waals surface area contributed by atoms with E-state index in [1.807, 2.05) is 54.9 Å². The predicted molar refractivity (Wildman–Crippen MR) is 248 cm³/mol. The average Bonchev–Trinajstić information content (AvgIpc) is 3.90. The Morgan fingerprint density at radius 3 is 1.50 bits per heavy atom. The van der Waals surface area contributed by atoms with Crippen molar-refractivity contribution in [2.75, 3.05) is 28.2 Å². The highest BCUT2D eigenvalue weighted by molar-refractivity contribution is 5.87. The quantitative estimate of drug-likeness (QED) is 0.0744. The van der Waals surface area contributed by atoms with Gasteiger partial charge in [0.25, 0.3) is 0 Å². The van der Waals surface area contributed by atoms with E-state index in [2.05, 4.69) is 125 Å². The lowest BCUT2D eigenvalue weighted by molar-refractivity contribution is -0.142. The Labute approximate surface area is 366 Å². The number of para-hydroxylation sites is 2. The van der Waals surface area contributed by atoms with Gasteiger partial charge in [-0.05, 0) is 126 Å². The molecule has 1 unspecified atom stereocenters. The molecule has 0 radical (unpaired) electrons. The minimum absolute atomic E-state index is 0.00677. The van der Waals surface area contributed by atoms with Gasteiger partial charge in [-0.3, -0.25) is 19.4 Å². The number of hydrogen-bond acceptors (Lipinski definition) is 5. The van der Waals surface area contributed by atoms with E-state index in [1.165, 1.54) is 16.5 Å². The van der Waals surface area contributed by atoms with Crippen molar-refractivity contribution in [2.45, 2.75) is 94.3 Å². The number of rotatable bonds is 14. The number of nitrogens with zero attached hydrogens (tertiary/aromatic N) is 2. The normalized spacial score (nSPS) is 21.9. The first kappa shape index (κ1) is 44.3. The lowest BCUT2D eigenvalue weighted by Crippen LogP contribution is -2.46. The molecule has 2 saturated carbocycles. The second-order valence-electron chi connectivity index (χ2n) is 18.0. The van der Waals surface area contributed by atoms with Crippen molar-refractivity contribution in [1.29, 1.82) is 0 Å². The molecule has 2 aromatic heterocycles. The molecule has 5 N–H and O–H groups in total. The number of benzene rings is 4. The summed E-state index contributed by atoms with van der Waals surface area (Å²) >= 11 is 0. The summed E-state index contributed by atoms with van der Waals surface area (Å²) in [4.78, 5) is 48.4. The molecule has 0 saturated heterocycles. The summed E-state index contributed by atoms with van der Waals surface area (Å²) in [6.45, 7) is 0.585. The Hall–Kier alpha value is -5.71. The number of carbonyl (C=O) groups excluding carboxylic acids is 2. The van der Waals surface area contributed by atoms with Gasteiger partial charge in [0.1, 0.15) is 6.04 Å². The highest BCUT2D eigenvalue weighted by Crippen LogP contribution is 2.45. The minimum Gasteiger partial charge on any atom is -0.480 e. The predicted octanol–water partition coefficient (Wildman–Crippen LogP) is 9.14. The number of amides is 2. The number of carboxylic acid groups (broad SMARTS) is 1. The fraction of sp³-hybridized carbons (Fsp3) is 0.404. The molecular formula is C52H64N6O4. The molecular weight excluding hydrogens is 773 g/mol. The zero-order valence-electron chi connectivity index (χ0n) is 36.8. The topological polar surface area (TPSA) is 134 Å². The zero-order chi connectivity index (χ0) is 43.7. The molecule has 10 heteroatoms. The summed E-state index contributed by atoms with van der Waals surface area (Å²) in [5.74, 6) is -0.284. The molecule has 0 bridgehead atoms. The van der Waals surface area contributed by atoms with E-state index < -0.39 is 12.0 Å². The smallest absolute Gasteiger partial charge is 0.326 e. The number of fused-ring (bicyclic) bond motifs is 2. The van der Waals surface area contributed by atoms with Crippen molar-refractivity contribution in [3.63, 3.8) is 0 Å². The minimum atomic E-state index is -1.01. The van der Waals surface area contributed by atoms with Crippen LogP contribution in [0.15, 0.2) is 122 Å². The largest absolute Gasteiger partial charge is 0.480 e. The molecule has 0 spiro atoms. The Kier molecular flexibility index (Phi) is 14.3.